The number of carbonyl (C=O) groups is 4. The Bertz CT molecular complexity index is 547. The molecule has 3 unspecified atom stereocenters. The van der Waals surface area contributed by atoms with E-state index < -0.39 is 41.8 Å². The number of amides is 3. The Hall–Kier alpha value is -1.85. The fraction of sp³-hybridized carbons (Fsp3) is 0.778. The molecule has 0 radical (unpaired) electrons. The van der Waals surface area contributed by atoms with Crippen molar-refractivity contribution in [3.05, 3.63) is 0 Å². The highest BCUT2D eigenvalue weighted by atomic mass is 32.2. The summed E-state index contributed by atoms with van der Waals surface area (Å²) in [6.07, 6.45) is 3.87. The van der Waals surface area contributed by atoms with Gasteiger partial charge in [0.15, 0.2) is 0 Å². The highest BCUT2D eigenvalue weighted by Crippen LogP contribution is 2.06. The standard InChI is InChI=1S/C18H35N5O5S/c1-11(2)15(17(26)22-13(18(27)28)6-4-5-8-19)23-14(24)10-21-16(25)12(20)7-9-29-3/h11-13,15H,4-10,19-20H2,1-3H3,(H,21,25)(H,22,26)(H,23,24)(H,27,28). The van der Waals surface area contributed by atoms with E-state index in [1.54, 1.807) is 25.6 Å². The number of hydrogen-bond donors (Lipinski definition) is 6. The van der Waals surface area contributed by atoms with Crippen molar-refractivity contribution < 1.29 is 24.3 Å². The molecule has 10 nitrogen and oxygen atoms in total. The molecule has 0 aliphatic carbocycles. The Morgan fingerprint density at radius 2 is 1.69 bits per heavy atom. The second-order valence-corrected chi connectivity index (χ2v) is 8.06. The fourth-order valence-electron chi connectivity index (χ4n) is 2.45. The van der Waals surface area contributed by atoms with Gasteiger partial charge in [-0.2, -0.15) is 11.8 Å². The summed E-state index contributed by atoms with van der Waals surface area (Å²) < 4.78 is 0. The minimum atomic E-state index is -1.14. The molecule has 29 heavy (non-hydrogen) atoms. The zero-order chi connectivity index (χ0) is 22.4. The Labute approximate surface area is 176 Å². The Morgan fingerprint density at radius 3 is 2.21 bits per heavy atom. The molecule has 8 N–H and O–H groups in total. The molecule has 0 aromatic heterocycles. The summed E-state index contributed by atoms with van der Waals surface area (Å²) in [6, 6.07) is -2.69. The topological polar surface area (TPSA) is 177 Å². The number of thioether (sulfide) groups is 1. The number of rotatable bonds is 15. The van der Waals surface area contributed by atoms with Crippen molar-refractivity contribution in [3.63, 3.8) is 0 Å². The van der Waals surface area contributed by atoms with E-state index in [1.807, 2.05) is 6.26 Å². The predicted molar refractivity (Wildman–Crippen MR) is 113 cm³/mol. The number of nitrogens with two attached hydrogens (primary N) is 2. The summed E-state index contributed by atoms with van der Waals surface area (Å²) in [4.78, 5) is 47.9. The maximum atomic E-state index is 12.5. The summed E-state index contributed by atoms with van der Waals surface area (Å²) in [5, 5.41) is 16.7. The quantitative estimate of drug-likeness (QED) is 0.179. The van der Waals surface area contributed by atoms with Gasteiger partial charge < -0.3 is 32.5 Å². The number of aliphatic carboxylic acids is 1. The third-order valence-corrected chi connectivity index (χ3v) is 4.86. The van der Waals surface area contributed by atoms with Crippen LogP contribution in [-0.4, -0.2) is 72.0 Å². The third kappa shape index (κ3) is 11.7. The van der Waals surface area contributed by atoms with Crippen molar-refractivity contribution in [2.75, 3.05) is 25.1 Å². The van der Waals surface area contributed by atoms with Crippen LogP contribution >= 0.6 is 11.8 Å². The molecular weight excluding hydrogens is 398 g/mol. The minimum absolute atomic E-state index is 0.251. The maximum absolute atomic E-state index is 12.5. The van der Waals surface area contributed by atoms with E-state index in [9.17, 15) is 24.3 Å². The summed E-state index contributed by atoms with van der Waals surface area (Å²) in [7, 11) is 0. The van der Waals surface area contributed by atoms with Gasteiger partial charge in [0.25, 0.3) is 0 Å². The molecule has 0 fully saturated rings. The highest BCUT2D eigenvalue weighted by molar-refractivity contribution is 7.98. The van der Waals surface area contributed by atoms with Crippen molar-refractivity contribution in [3.8, 4) is 0 Å². The van der Waals surface area contributed by atoms with Crippen LogP contribution in [0, 0.1) is 5.92 Å². The average molecular weight is 434 g/mol. The SMILES string of the molecule is CSCCC(N)C(=O)NCC(=O)NC(C(=O)NC(CCCCN)C(=O)O)C(C)C. The van der Waals surface area contributed by atoms with Gasteiger partial charge in [0.1, 0.15) is 12.1 Å². The Kier molecular flexibility index (Phi) is 14.1. The van der Waals surface area contributed by atoms with Gasteiger partial charge in [-0.15, -0.1) is 0 Å². The lowest BCUT2D eigenvalue weighted by Gasteiger charge is -2.24. The van der Waals surface area contributed by atoms with Gasteiger partial charge in [0, 0.05) is 0 Å². The molecule has 0 aromatic carbocycles. The lowest BCUT2D eigenvalue weighted by molar-refractivity contribution is -0.142. The molecule has 0 aliphatic rings. The number of carboxylic acids is 1. The van der Waals surface area contributed by atoms with E-state index in [-0.39, 0.29) is 18.9 Å². The van der Waals surface area contributed by atoms with E-state index >= 15 is 0 Å². The molecule has 0 spiro atoms. The molecule has 168 valence electrons. The van der Waals surface area contributed by atoms with Crippen LogP contribution in [0.5, 0.6) is 0 Å². The average Bonchev–Trinajstić information content (AvgIpc) is 2.66. The molecule has 3 amide bonds. The van der Waals surface area contributed by atoms with Crippen molar-refractivity contribution in [1.82, 2.24) is 16.0 Å². The molecule has 0 saturated heterocycles. The van der Waals surface area contributed by atoms with Crippen LogP contribution in [0.4, 0.5) is 0 Å². The number of nitrogens with one attached hydrogen (secondary N) is 3. The lowest BCUT2D eigenvalue weighted by Crippen LogP contribution is -2.55. The van der Waals surface area contributed by atoms with Crippen LogP contribution in [0.1, 0.15) is 39.5 Å². The Balaban J connectivity index is 4.71. The summed E-state index contributed by atoms with van der Waals surface area (Å²) in [6.45, 7) is 3.58. The monoisotopic (exact) mass is 433 g/mol. The van der Waals surface area contributed by atoms with Gasteiger partial charge in [0.2, 0.25) is 17.7 Å². The molecule has 0 heterocycles. The van der Waals surface area contributed by atoms with Crippen LogP contribution in [0.25, 0.3) is 0 Å². The summed E-state index contributed by atoms with van der Waals surface area (Å²) in [5.41, 5.74) is 11.1. The molecule has 0 bridgehead atoms. The lowest BCUT2D eigenvalue weighted by atomic mass is 10.0. The van der Waals surface area contributed by atoms with Crippen molar-refractivity contribution >= 4 is 35.5 Å². The van der Waals surface area contributed by atoms with E-state index in [4.69, 9.17) is 11.5 Å². The number of unbranched alkanes of at least 4 members (excludes halogenated alkanes) is 1. The van der Waals surface area contributed by atoms with Crippen LogP contribution < -0.4 is 27.4 Å². The van der Waals surface area contributed by atoms with Gasteiger partial charge in [-0.3, -0.25) is 14.4 Å². The van der Waals surface area contributed by atoms with Crippen molar-refractivity contribution in [1.29, 1.82) is 0 Å². The second kappa shape index (κ2) is 15.1. The maximum Gasteiger partial charge on any atom is 0.326 e. The number of carboxylic acid groups (broad SMARTS) is 1. The van der Waals surface area contributed by atoms with Gasteiger partial charge >= 0.3 is 5.97 Å². The Morgan fingerprint density at radius 1 is 1.03 bits per heavy atom. The third-order valence-electron chi connectivity index (χ3n) is 4.22. The first-order valence-corrected chi connectivity index (χ1v) is 11.1. The smallest absolute Gasteiger partial charge is 0.326 e. The largest absolute Gasteiger partial charge is 0.480 e. The van der Waals surface area contributed by atoms with Crippen LogP contribution in [0.2, 0.25) is 0 Å². The van der Waals surface area contributed by atoms with E-state index in [0.717, 1.165) is 5.75 Å². The highest BCUT2D eigenvalue weighted by Gasteiger charge is 2.28. The first-order chi connectivity index (χ1) is 13.6. The van der Waals surface area contributed by atoms with Crippen LogP contribution in [-0.2, 0) is 19.2 Å². The van der Waals surface area contributed by atoms with E-state index in [1.165, 1.54) is 0 Å². The van der Waals surface area contributed by atoms with E-state index in [0.29, 0.717) is 25.8 Å². The fourth-order valence-corrected chi connectivity index (χ4v) is 2.94. The molecule has 0 saturated carbocycles. The number of hydrogen-bond acceptors (Lipinski definition) is 7. The molecule has 11 heteroatoms. The zero-order valence-corrected chi connectivity index (χ0v) is 18.2. The summed E-state index contributed by atoms with van der Waals surface area (Å²) >= 11 is 1.57. The van der Waals surface area contributed by atoms with Crippen molar-refractivity contribution in [2.24, 2.45) is 17.4 Å². The normalized spacial score (nSPS) is 14.0. The van der Waals surface area contributed by atoms with Crippen LogP contribution in [0.3, 0.4) is 0 Å². The molecule has 0 aliphatic heterocycles. The van der Waals surface area contributed by atoms with Gasteiger partial charge in [-0.1, -0.05) is 13.8 Å². The molecule has 3 atom stereocenters. The first-order valence-electron chi connectivity index (χ1n) is 9.68. The van der Waals surface area contributed by atoms with E-state index in [2.05, 4.69) is 16.0 Å². The minimum Gasteiger partial charge on any atom is -0.480 e. The van der Waals surface area contributed by atoms with Gasteiger partial charge in [-0.25, -0.2) is 4.79 Å². The van der Waals surface area contributed by atoms with Crippen molar-refractivity contribution in [2.45, 2.75) is 57.7 Å². The second-order valence-electron chi connectivity index (χ2n) is 7.08. The van der Waals surface area contributed by atoms with Gasteiger partial charge in [0.05, 0.1) is 12.6 Å². The van der Waals surface area contributed by atoms with Gasteiger partial charge in [-0.05, 0) is 50.2 Å². The molecular formula is C18H35N5O5S. The molecule has 0 aromatic rings. The van der Waals surface area contributed by atoms with Crippen LogP contribution in [0.15, 0.2) is 0 Å². The summed E-state index contributed by atoms with van der Waals surface area (Å²) in [5.74, 6) is -2.28. The molecule has 0 rings (SSSR count). The zero-order valence-electron chi connectivity index (χ0n) is 17.4. The number of carbonyl (C=O) groups excluding carboxylic acids is 3. The first kappa shape index (κ1) is 27.1. The predicted octanol–water partition coefficient (Wildman–Crippen LogP) is -0.978.